The van der Waals surface area contributed by atoms with E-state index in [2.05, 4.69) is 42.5 Å². The van der Waals surface area contributed by atoms with E-state index in [0.717, 1.165) is 20.2 Å². The second-order valence-corrected chi connectivity index (χ2v) is 7.45. The summed E-state index contributed by atoms with van der Waals surface area (Å²) < 4.78 is 7.26. The molecule has 0 unspecified atom stereocenters. The van der Waals surface area contributed by atoms with Crippen LogP contribution in [-0.2, 0) is 4.79 Å². The topological polar surface area (TPSA) is 50.4 Å². The lowest BCUT2D eigenvalue weighted by atomic mass is 10.2. The maximum absolute atomic E-state index is 12.0. The molecular weight excluding hydrogens is 480 g/mol. The Balaban J connectivity index is 1.87. The van der Waals surface area contributed by atoms with Crippen LogP contribution >= 0.6 is 55.7 Å². The van der Waals surface area contributed by atoms with Crippen molar-refractivity contribution in [2.75, 3.05) is 11.9 Å². The predicted molar refractivity (Wildman–Crippen MR) is 108 cm³/mol. The van der Waals surface area contributed by atoms with Gasteiger partial charge in [0.2, 0.25) is 0 Å². The summed E-state index contributed by atoms with van der Waals surface area (Å²) in [7, 11) is 0. The van der Waals surface area contributed by atoms with Gasteiger partial charge in [0.25, 0.3) is 5.91 Å². The van der Waals surface area contributed by atoms with Crippen molar-refractivity contribution in [1.82, 2.24) is 5.32 Å². The minimum atomic E-state index is -0.351. The zero-order valence-corrected chi connectivity index (χ0v) is 17.3. The van der Waals surface area contributed by atoms with Gasteiger partial charge in [-0.3, -0.25) is 10.1 Å². The van der Waals surface area contributed by atoms with Gasteiger partial charge in [0, 0.05) is 15.2 Å². The minimum Gasteiger partial charge on any atom is -0.482 e. The summed E-state index contributed by atoms with van der Waals surface area (Å²) in [5.41, 5.74) is 1.64. The van der Waals surface area contributed by atoms with E-state index in [4.69, 9.17) is 28.6 Å². The average Bonchev–Trinajstić information content (AvgIpc) is 2.48. The van der Waals surface area contributed by atoms with E-state index in [1.54, 1.807) is 24.3 Å². The first-order valence-corrected chi connectivity index (χ1v) is 9.17. The van der Waals surface area contributed by atoms with Gasteiger partial charge >= 0.3 is 0 Å². The number of carbonyl (C=O) groups excluding carboxylic acids is 1. The molecular formula is C16H13Br2ClN2O2S. The quantitative estimate of drug-likeness (QED) is 0.586. The second kappa shape index (κ2) is 8.80. The molecule has 126 valence electrons. The van der Waals surface area contributed by atoms with Crippen molar-refractivity contribution in [3.8, 4) is 5.75 Å². The zero-order valence-electron chi connectivity index (χ0n) is 12.5. The molecule has 0 heterocycles. The van der Waals surface area contributed by atoms with Crippen molar-refractivity contribution in [3.63, 3.8) is 0 Å². The fourth-order valence-corrected chi connectivity index (χ4v) is 3.78. The Hall–Kier alpha value is -1.15. The number of amides is 1. The molecule has 0 atom stereocenters. The Bertz CT molecular complexity index is 746. The standard InChI is InChI=1S/C16H13Br2ClN2O2S/c1-9-6-10(17)7-13(18)15(9)23-8-14(22)21-16(24)20-12-4-2-11(19)3-5-12/h2-7H,8H2,1H3,(H2,20,21,22,24). The number of rotatable bonds is 4. The SMILES string of the molecule is Cc1cc(Br)cc(Br)c1OCC(=O)NC(=S)Nc1ccc(Cl)cc1. The van der Waals surface area contributed by atoms with Gasteiger partial charge < -0.3 is 10.1 Å². The third-order valence-corrected chi connectivity index (χ3v) is 4.40. The van der Waals surface area contributed by atoms with Gasteiger partial charge in [-0.25, -0.2) is 0 Å². The van der Waals surface area contributed by atoms with Crippen LogP contribution in [0.25, 0.3) is 0 Å². The first kappa shape index (κ1) is 19.2. The number of carbonyl (C=O) groups is 1. The van der Waals surface area contributed by atoms with Crippen LogP contribution in [0.4, 0.5) is 5.69 Å². The van der Waals surface area contributed by atoms with Gasteiger partial charge in [-0.2, -0.15) is 0 Å². The highest BCUT2D eigenvalue weighted by Gasteiger charge is 2.11. The molecule has 0 bridgehead atoms. The smallest absolute Gasteiger partial charge is 0.264 e. The molecule has 0 aliphatic heterocycles. The highest BCUT2D eigenvalue weighted by molar-refractivity contribution is 9.11. The first-order valence-electron chi connectivity index (χ1n) is 6.80. The van der Waals surface area contributed by atoms with Crippen molar-refractivity contribution in [3.05, 3.63) is 55.9 Å². The van der Waals surface area contributed by atoms with E-state index < -0.39 is 0 Å². The highest BCUT2D eigenvalue weighted by atomic mass is 79.9. The molecule has 2 rings (SSSR count). The Morgan fingerprint density at radius 3 is 2.54 bits per heavy atom. The van der Waals surface area contributed by atoms with Gasteiger partial charge in [-0.1, -0.05) is 27.5 Å². The number of anilines is 1. The van der Waals surface area contributed by atoms with Gasteiger partial charge in [0.1, 0.15) is 5.75 Å². The van der Waals surface area contributed by atoms with Gasteiger partial charge in [0.15, 0.2) is 11.7 Å². The summed E-state index contributed by atoms with van der Waals surface area (Å²) in [6.07, 6.45) is 0. The predicted octanol–water partition coefficient (Wildman–Crippen LogP) is 5.07. The summed E-state index contributed by atoms with van der Waals surface area (Å²) >= 11 is 17.7. The van der Waals surface area contributed by atoms with Crippen molar-refractivity contribution < 1.29 is 9.53 Å². The second-order valence-electron chi connectivity index (χ2n) is 4.83. The maximum atomic E-state index is 12.0. The molecule has 0 aliphatic rings. The molecule has 2 N–H and O–H groups in total. The lowest BCUT2D eigenvalue weighted by molar-refractivity contribution is -0.121. The summed E-state index contributed by atoms with van der Waals surface area (Å²) in [6.45, 7) is 1.75. The van der Waals surface area contributed by atoms with Gasteiger partial charge in [0.05, 0.1) is 4.47 Å². The molecule has 0 aliphatic carbocycles. The fraction of sp³-hybridized carbons (Fsp3) is 0.125. The Morgan fingerprint density at radius 2 is 1.92 bits per heavy atom. The van der Waals surface area contributed by atoms with Crippen LogP contribution in [0, 0.1) is 6.92 Å². The summed E-state index contributed by atoms with van der Waals surface area (Å²) in [5, 5.41) is 6.28. The number of nitrogens with one attached hydrogen (secondary N) is 2. The number of benzene rings is 2. The Labute approximate surface area is 167 Å². The molecule has 2 aromatic carbocycles. The van der Waals surface area contributed by atoms with Crippen molar-refractivity contribution in [2.24, 2.45) is 0 Å². The summed E-state index contributed by atoms with van der Waals surface area (Å²) in [4.78, 5) is 12.0. The molecule has 0 saturated heterocycles. The molecule has 8 heteroatoms. The average molecular weight is 493 g/mol. The fourth-order valence-electron chi connectivity index (χ4n) is 1.87. The van der Waals surface area contributed by atoms with Crippen LogP contribution < -0.4 is 15.4 Å². The first-order chi connectivity index (χ1) is 11.3. The molecule has 24 heavy (non-hydrogen) atoms. The minimum absolute atomic E-state index is 0.149. The number of hydrogen-bond donors (Lipinski definition) is 2. The number of halogens is 3. The van der Waals surface area contributed by atoms with E-state index in [1.807, 2.05) is 19.1 Å². The van der Waals surface area contributed by atoms with E-state index in [-0.39, 0.29) is 17.6 Å². The van der Waals surface area contributed by atoms with Crippen LogP contribution in [0.5, 0.6) is 5.75 Å². The highest BCUT2D eigenvalue weighted by Crippen LogP contribution is 2.32. The van der Waals surface area contributed by atoms with E-state index in [9.17, 15) is 4.79 Å². The van der Waals surface area contributed by atoms with Gasteiger partial charge in [-0.15, -0.1) is 0 Å². The Kier molecular flexibility index (Phi) is 7.03. The van der Waals surface area contributed by atoms with E-state index in [0.29, 0.717) is 10.8 Å². The molecule has 0 radical (unpaired) electrons. The monoisotopic (exact) mass is 490 g/mol. The summed E-state index contributed by atoms with van der Waals surface area (Å²) in [6, 6.07) is 10.7. The molecule has 0 spiro atoms. The molecule has 4 nitrogen and oxygen atoms in total. The lowest BCUT2D eigenvalue weighted by Crippen LogP contribution is -2.37. The third kappa shape index (κ3) is 5.73. The Morgan fingerprint density at radius 1 is 1.25 bits per heavy atom. The maximum Gasteiger partial charge on any atom is 0.264 e. The molecule has 1 amide bonds. The van der Waals surface area contributed by atoms with Crippen LogP contribution in [0.15, 0.2) is 45.3 Å². The van der Waals surface area contributed by atoms with E-state index >= 15 is 0 Å². The van der Waals surface area contributed by atoms with Crippen molar-refractivity contribution in [1.29, 1.82) is 0 Å². The largest absolute Gasteiger partial charge is 0.482 e. The number of ether oxygens (including phenoxy) is 1. The molecule has 2 aromatic rings. The zero-order chi connectivity index (χ0) is 17.7. The lowest BCUT2D eigenvalue weighted by Gasteiger charge is -2.13. The van der Waals surface area contributed by atoms with Crippen molar-refractivity contribution in [2.45, 2.75) is 6.92 Å². The van der Waals surface area contributed by atoms with Gasteiger partial charge in [-0.05, 0) is 77.0 Å². The van der Waals surface area contributed by atoms with Crippen LogP contribution in [-0.4, -0.2) is 17.6 Å². The number of aryl methyl sites for hydroxylation is 1. The molecule has 0 saturated carbocycles. The van der Waals surface area contributed by atoms with Crippen LogP contribution in [0.3, 0.4) is 0 Å². The number of hydrogen-bond acceptors (Lipinski definition) is 3. The third-order valence-electron chi connectivity index (χ3n) is 2.90. The van der Waals surface area contributed by atoms with Crippen molar-refractivity contribution >= 4 is 72.4 Å². The van der Waals surface area contributed by atoms with Crippen LogP contribution in [0.1, 0.15) is 5.56 Å². The number of thiocarbonyl (C=S) groups is 1. The summed E-state index contributed by atoms with van der Waals surface area (Å²) in [5.74, 6) is 0.264. The molecule has 0 aromatic heterocycles. The van der Waals surface area contributed by atoms with E-state index in [1.165, 1.54) is 0 Å². The molecule has 0 fully saturated rings. The normalized spacial score (nSPS) is 10.2. The van der Waals surface area contributed by atoms with Crippen LogP contribution in [0.2, 0.25) is 5.02 Å².